The number of nitrogens with zero attached hydrogens (tertiary/aromatic N) is 1. The number of aromatic nitrogens is 1. The van der Waals surface area contributed by atoms with Crippen LogP contribution in [-0.4, -0.2) is 4.98 Å². The topological polar surface area (TPSA) is 12.9 Å². The fourth-order valence-corrected chi connectivity index (χ4v) is 5.77. The summed E-state index contributed by atoms with van der Waals surface area (Å²) in [6, 6.07) is 21.1. The first-order chi connectivity index (χ1) is 15.7. The van der Waals surface area contributed by atoms with Gasteiger partial charge in [0.05, 0.1) is 5.69 Å². The van der Waals surface area contributed by atoms with E-state index >= 15 is 0 Å². The van der Waals surface area contributed by atoms with E-state index in [0.717, 1.165) is 27.8 Å². The van der Waals surface area contributed by atoms with Gasteiger partial charge in [0, 0.05) is 34.7 Å². The van der Waals surface area contributed by atoms with Crippen molar-refractivity contribution >= 4 is 42.3 Å². The molecule has 1 nitrogen and oxygen atoms in total. The van der Waals surface area contributed by atoms with E-state index in [1.807, 2.05) is 58.2 Å². The molecule has 5 aromatic rings. The molecule has 0 aliphatic carbocycles. The summed E-state index contributed by atoms with van der Waals surface area (Å²) in [5.41, 5.74) is 3.96. The first-order valence-electron chi connectivity index (χ1n) is 11.7. The molecule has 154 valence electrons. The maximum atomic E-state index is 8.71. The van der Waals surface area contributed by atoms with E-state index in [2.05, 4.69) is 53.5 Å². The Morgan fingerprint density at radius 2 is 1.58 bits per heavy atom. The summed E-state index contributed by atoms with van der Waals surface area (Å²) in [4.78, 5) is 4.69. The van der Waals surface area contributed by atoms with Gasteiger partial charge in [-0.05, 0) is 52.7 Å². The molecule has 0 aliphatic heterocycles. The molecule has 3 aromatic carbocycles. The van der Waals surface area contributed by atoms with Crippen molar-refractivity contribution in [1.29, 1.82) is 0 Å². The largest absolute Gasteiger partial charge is 0.256 e. The lowest BCUT2D eigenvalue weighted by atomic mass is 9.95. The normalized spacial score (nSPS) is 15.5. The van der Waals surface area contributed by atoms with Crippen LogP contribution in [0.2, 0.25) is 0 Å². The predicted octanol–water partition coefficient (Wildman–Crippen LogP) is 9.07. The molecule has 2 aromatic heterocycles. The molecule has 0 saturated heterocycles. The highest BCUT2D eigenvalue weighted by atomic mass is 32.1. The molecule has 5 rings (SSSR count). The van der Waals surface area contributed by atoms with Crippen LogP contribution in [0.3, 0.4) is 0 Å². The lowest BCUT2D eigenvalue weighted by Gasteiger charge is -2.10. The Morgan fingerprint density at radius 1 is 0.871 bits per heavy atom. The average molecular weight is 424 g/mol. The number of pyridine rings is 1. The second-order valence-electron chi connectivity index (χ2n) is 8.24. The number of benzene rings is 3. The minimum absolute atomic E-state index is 0.658. The van der Waals surface area contributed by atoms with E-state index in [4.69, 9.17) is 2.74 Å². The number of thiophene rings is 1. The van der Waals surface area contributed by atoms with Crippen LogP contribution in [0, 0.1) is 0 Å². The van der Waals surface area contributed by atoms with Gasteiger partial charge in [-0.2, -0.15) is 0 Å². The van der Waals surface area contributed by atoms with E-state index in [9.17, 15) is 0 Å². The van der Waals surface area contributed by atoms with Crippen LogP contribution in [0.15, 0.2) is 79.0 Å². The third kappa shape index (κ3) is 3.36. The molecule has 2 heteroatoms. The summed E-state index contributed by atoms with van der Waals surface area (Å²) in [5, 5.41) is 4.81. The van der Waals surface area contributed by atoms with Gasteiger partial charge in [0.2, 0.25) is 0 Å². The second-order valence-corrected chi connectivity index (χ2v) is 9.26. The summed E-state index contributed by atoms with van der Waals surface area (Å²) in [6.45, 7) is 7.75. The van der Waals surface area contributed by atoms with Crippen molar-refractivity contribution in [3.05, 3.63) is 90.1 Å². The second kappa shape index (κ2) is 7.94. The van der Waals surface area contributed by atoms with Crippen LogP contribution in [0.1, 0.15) is 53.4 Å². The Bertz CT molecular complexity index is 1540. The summed E-state index contributed by atoms with van der Waals surface area (Å²) < 4.78 is 19.8. The summed E-state index contributed by atoms with van der Waals surface area (Å²) in [7, 11) is 0. The highest BCUT2D eigenvalue weighted by Gasteiger charge is 2.15. The molecule has 0 fully saturated rings. The highest BCUT2D eigenvalue weighted by Crippen LogP contribution is 2.43. The predicted molar refractivity (Wildman–Crippen MR) is 137 cm³/mol. The monoisotopic (exact) mass is 423 g/mol. The summed E-state index contributed by atoms with van der Waals surface area (Å²) in [6.07, 6.45) is 5.64. The fraction of sp³-hybridized carbons (Fsp3) is 0.207. The first-order valence-corrected chi connectivity index (χ1v) is 11.5. The number of fused-ring (bicyclic) bond motifs is 5. The van der Waals surface area contributed by atoms with Crippen LogP contribution in [-0.2, 0) is 0 Å². The first kappa shape index (κ1) is 17.7. The van der Waals surface area contributed by atoms with Crippen molar-refractivity contribution in [3.63, 3.8) is 0 Å². The maximum Gasteiger partial charge on any atom is 0.0719 e. The van der Waals surface area contributed by atoms with E-state index < -0.39 is 11.8 Å². The van der Waals surface area contributed by atoms with Crippen LogP contribution in [0.5, 0.6) is 0 Å². The fourth-order valence-electron chi connectivity index (χ4n) is 4.42. The van der Waals surface area contributed by atoms with Crippen molar-refractivity contribution in [2.24, 2.45) is 0 Å². The van der Waals surface area contributed by atoms with Crippen molar-refractivity contribution in [1.82, 2.24) is 4.98 Å². The van der Waals surface area contributed by atoms with Gasteiger partial charge in [0.15, 0.2) is 0 Å². The van der Waals surface area contributed by atoms with Crippen LogP contribution in [0.25, 0.3) is 42.2 Å². The van der Waals surface area contributed by atoms with Gasteiger partial charge in [0.1, 0.15) is 0 Å². The summed E-state index contributed by atoms with van der Waals surface area (Å²) in [5.74, 6) is -1.45. The number of hydrogen-bond donors (Lipinski definition) is 0. The zero-order valence-electron chi connectivity index (χ0n) is 20.4. The van der Waals surface area contributed by atoms with Crippen LogP contribution >= 0.6 is 11.3 Å². The van der Waals surface area contributed by atoms with Gasteiger partial charge < -0.3 is 0 Å². The van der Waals surface area contributed by atoms with Gasteiger partial charge in [-0.15, -0.1) is 11.3 Å². The number of hydrogen-bond acceptors (Lipinski definition) is 2. The Labute approximate surface area is 190 Å². The van der Waals surface area contributed by atoms with E-state index in [0.29, 0.717) is 0 Å². The standard InChI is InChI=1S/C29H27NS/c1-5-8-19(4)20-15-16-30-27(17-20)26-12-7-11-24-25-14-13-22-21(18(2)3)9-6-10-23(22)28(25)31-29(24)26/h5-19H,1-4H3/b8-5+/i18D,19D. The molecular weight excluding hydrogens is 394 g/mol. The third-order valence-electron chi connectivity index (χ3n) is 5.97. The molecule has 0 amide bonds. The Kier molecular flexibility index (Phi) is 4.53. The molecule has 0 N–H and O–H groups in total. The summed E-state index contributed by atoms with van der Waals surface area (Å²) >= 11 is 1.79. The van der Waals surface area contributed by atoms with Gasteiger partial charge in [0.25, 0.3) is 0 Å². The lowest BCUT2D eigenvalue weighted by molar-refractivity contribution is 0.876. The molecule has 0 saturated carbocycles. The van der Waals surface area contributed by atoms with Crippen molar-refractivity contribution in [2.45, 2.75) is 39.5 Å². The Morgan fingerprint density at radius 3 is 2.35 bits per heavy atom. The van der Waals surface area contributed by atoms with Crippen molar-refractivity contribution in [2.75, 3.05) is 0 Å². The van der Waals surface area contributed by atoms with Gasteiger partial charge >= 0.3 is 0 Å². The van der Waals surface area contributed by atoms with Crippen molar-refractivity contribution in [3.8, 4) is 11.3 Å². The Hall–Kier alpha value is -2.97. The molecule has 0 bridgehead atoms. The molecule has 0 aliphatic rings. The van der Waals surface area contributed by atoms with Crippen LogP contribution in [0.4, 0.5) is 0 Å². The zero-order chi connectivity index (χ0) is 23.4. The highest BCUT2D eigenvalue weighted by molar-refractivity contribution is 7.27. The minimum atomic E-state index is -0.795. The SMILES string of the molecule is [2H]C(C)(C)c1cccc2c1ccc1c3cccc(-c4cc(C([2H])(C)/C=C/C)ccn4)c3sc21. The maximum absolute atomic E-state index is 8.71. The Balaban J connectivity index is 1.77. The molecule has 1 atom stereocenters. The third-order valence-corrected chi connectivity index (χ3v) is 7.26. The van der Waals surface area contributed by atoms with Gasteiger partial charge in [-0.1, -0.05) is 81.5 Å². The van der Waals surface area contributed by atoms with Crippen molar-refractivity contribution < 1.29 is 2.74 Å². The van der Waals surface area contributed by atoms with Gasteiger partial charge in [-0.3, -0.25) is 4.98 Å². The van der Waals surface area contributed by atoms with E-state index in [-0.39, 0.29) is 0 Å². The molecule has 0 spiro atoms. The molecule has 0 radical (unpaired) electrons. The quantitative estimate of drug-likeness (QED) is 0.263. The molecular formula is C29H27NS. The lowest BCUT2D eigenvalue weighted by Crippen LogP contribution is -1.92. The molecule has 2 heterocycles. The van der Waals surface area contributed by atoms with E-state index in [1.165, 1.54) is 25.6 Å². The van der Waals surface area contributed by atoms with E-state index in [1.54, 1.807) is 11.3 Å². The molecule has 1 unspecified atom stereocenters. The average Bonchev–Trinajstić information content (AvgIpc) is 3.17. The number of allylic oxidation sites excluding steroid dienone is 2. The molecule has 31 heavy (non-hydrogen) atoms. The minimum Gasteiger partial charge on any atom is -0.256 e. The smallest absolute Gasteiger partial charge is 0.0719 e. The van der Waals surface area contributed by atoms with Crippen LogP contribution < -0.4 is 0 Å². The number of rotatable bonds is 4. The van der Waals surface area contributed by atoms with Gasteiger partial charge in [-0.25, -0.2) is 0 Å². The zero-order valence-corrected chi connectivity index (χ0v) is 19.2.